The van der Waals surface area contributed by atoms with Gasteiger partial charge in [0.15, 0.2) is 0 Å². The Morgan fingerprint density at radius 3 is 2.36 bits per heavy atom. The first-order valence-electron chi connectivity index (χ1n) is 8.80. The summed E-state index contributed by atoms with van der Waals surface area (Å²) in [6.45, 7) is 1.73. The molecular weight excluding hydrogens is 356 g/mol. The summed E-state index contributed by atoms with van der Waals surface area (Å²) in [5.41, 5.74) is 7.94. The van der Waals surface area contributed by atoms with Crippen LogP contribution in [0.25, 0.3) is 21.8 Å². The number of H-pyrrole nitrogens is 2. The number of hydrogen-bond acceptors (Lipinski definition) is 3. The molecule has 4 N–H and O–H groups in total. The molecule has 7 nitrogen and oxygen atoms in total. The number of carbonyl (C=O) groups is 3. The third-order valence-electron chi connectivity index (χ3n) is 4.67. The summed E-state index contributed by atoms with van der Waals surface area (Å²) in [7, 11) is 0. The van der Waals surface area contributed by atoms with Gasteiger partial charge in [-0.15, -0.1) is 0 Å². The molecule has 140 valence electrons. The molecule has 0 radical (unpaired) electrons. The van der Waals surface area contributed by atoms with E-state index in [0.717, 1.165) is 22.0 Å². The van der Waals surface area contributed by atoms with Crippen LogP contribution in [0, 0.1) is 6.92 Å². The average Bonchev–Trinajstić information content (AvgIpc) is 3.25. The molecule has 2 aromatic carbocycles. The first-order valence-corrected chi connectivity index (χ1v) is 8.80. The van der Waals surface area contributed by atoms with Gasteiger partial charge in [-0.1, -0.05) is 36.4 Å². The third-order valence-corrected chi connectivity index (χ3v) is 4.67. The van der Waals surface area contributed by atoms with Crippen LogP contribution in [0.4, 0.5) is 0 Å². The first kappa shape index (κ1) is 17.5. The number of hydrazine groups is 1. The molecule has 2 aromatic heterocycles. The zero-order chi connectivity index (χ0) is 19.7. The lowest BCUT2D eigenvalue weighted by Crippen LogP contribution is -2.45. The number of ketones is 1. The van der Waals surface area contributed by atoms with Gasteiger partial charge in [0, 0.05) is 33.7 Å². The van der Waals surface area contributed by atoms with E-state index in [9.17, 15) is 14.4 Å². The number of para-hydroxylation sites is 2. The van der Waals surface area contributed by atoms with E-state index >= 15 is 0 Å². The maximum absolute atomic E-state index is 12.6. The van der Waals surface area contributed by atoms with Crippen LogP contribution >= 0.6 is 0 Å². The van der Waals surface area contributed by atoms with Crippen molar-refractivity contribution in [2.24, 2.45) is 0 Å². The number of nitrogens with one attached hydrogen (secondary N) is 4. The van der Waals surface area contributed by atoms with Gasteiger partial charge in [-0.3, -0.25) is 25.2 Å². The van der Waals surface area contributed by atoms with Crippen molar-refractivity contribution in [3.05, 3.63) is 71.5 Å². The highest BCUT2D eigenvalue weighted by molar-refractivity contribution is 6.45. The van der Waals surface area contributed by atoms with Gasteiger partial charge in [-0.2, -0.15) is 0 Å². The summed E-state index contributed by atoms with van der Waals surface area (Å²) >= 11 is 0. The van der Waals surface area contributed by atoms with Crippen molar-refractivity contribution in [3.63, 3.8) is 0 Å². The van der Waals surface area contributed by atoms with Crippen molar-refractivity contribution in [2.75, 3.05) is 0 Å². The number of hydrogen-bond donors (Lipinski definition) is 4. The lowest BCUT2D eigenvalue weighted by Gasteiger charge is -2.07. The van der Waals surface area contributed by atoms with E-state index in [1.54, 1.807) is 25.3 Å². The fourth-order valence-electron chi connectivity index (χ4n) is 3.36. The molecule has 0 spiro atoms. The Bertz CT molecular complexity index is 1220. The number of carbonyl (C=O) groups excluding carboxylic acids is 3. The second kappa shape index (κ2) is 7.03. The Labute approximate surface area is 160 Å². The van der Waals surface area contributed by atoms with Crippen LogP contribution < -0.4 is 10.9 Å². The van der Waals surface area contributed by atoms with Crippen LogP contribution in [0.1, 0.15) is 21.6 Å². The van der Waals surface area contributed by atoms with Crippen molar-refractivity contribution in [1.82, 2.24) is 20.8 Å². The van der Waals surface area contributed by atoms with Crippen LogP contribution in [-0.2, 0) is 16.0 Å². The molecule has 4 rings (SSSR count). The number of aromatic amines is 2. The quantitative estimate of drug-likeness (QED) is 0.250. The van der Waals surface area contributed by atoms with Gasteiger partial charge < -0.3 is 9.97 Å². The van der Waals surface area contributed by atoms with Gasteiger partial charge in [-0.05, 0) is 24.6 Å². The largest absolute Gasteiger partial charge is 0.361 e. The Kier molecular flexibility index (Phi) is 4.41. The Balaban J connectivity index is 1.43. The highest BCUT2D eigenvalue weighted by Gasteiger charge is 2.23. The van der Waals surface area contributed by atoms with Crippen molar-refractivity contribution >= 4 is 39.4 Å². The summed E-state index contributed by atoms with van der Waals surface area (Å²) in [6.07, 6.45) is 1.83. The monoisotopic (exact) mass is 374 g/mol. The second-order valence-electron chi connectivity index (χ2n) is 6.54. The molecule has 4 aromatic rings. The fraction of sp³-hybridized carbons (Fsp3) is 0.0952. The molecule has 28 heavy (non-hydrogen) atoms. The maximum atomic E-state index is 12.6. The number of aryl methyl sites for hydroxylation is 1. The fourth-order valence-corrected chi connectivity index (χ4v) is 3.36. The lowest BCUT2D eigenvalue weighted by molar-refractivity contribution is -0.126. The molecule has 0 aliphatic carbocycles. The number of amides is 2. The normalized spacial score (nSPS) is 10.9. The summed E-state index contributed by atoms with van der Waals surface area (Å²) in [5, 5.41) is 1.61. The highest BCUT2D eigenvalue weighted by Crippen LogP contribution is 2.22. The topological polar surface area (TPSA) is 107 Å². The number of aromatic nitrogens is 2. The predicted molar refractivity (Wildman–Crippen MR) is 106 cm³/mol. The summed E-state index contributed by atoms with van der Waals surface area (Å²) in [5.74, 6) is -2.01. The number of benzene rings is 2. The Hall–Kier alpha value is -3.87. The Morgan fingerprint density at radius 2 is 1.57 bits per heavy atom. The van der Waals surface area contributed by atoms with E-state index in [-0.39, 0.29) is 6.42 Å². The summed E-state index contributed by atoms with van der Waals surface area (Å²) in [4.78, 5) is 43.2. The van der Waals surface area contributed by atoms with Crippen LogP contribution in [0.3, 0.4) is 0 Å². The standard InChI is InChI=1S/C21H18N4O3/c1-12-19(15-7-3-5-9-17(15)23-12)20(27)21(28)25-24-18(26)10-13-11-22-16-8-4-2-6-14(13)16/h2-9,11,22-23H,10H2,1H3,(H,24,26)(H,25,28). The van der Waals surface area contributed by atoms with Crippen LogP contribution in [-0.4, -0.2) is 27.6 Å². The van der Waals surface area contributed by atoms with Crippen molar-refractivity contribution < 1.29 is 14.4 Å². The molecule has 2 heterocycles. The van der Waals surface area contributed by atoms with E-state index < -0.39 is 17.6 Å². The van der Waals surface area contributed by atoms with Crippen LogP contribution in [0.2, 0.25) is 0 Å². The molecule has 0 atom stereocenters. The molecular formula is C21H18N4O3. The third kappa shape index (κ3) is 3.14. The molecule has 0 saturated carbocycles. The minimum Gasteiger partial charge on any atom is -0.361 e. The second-order valence-corrected chi connectivity index (χ2v) is 6.54. The average molecular weight is 374 g/mol. The number of Topliss-reactive ketones (excluding diaryl/α,β-unsaturated/α-hetero) is 1. The smallest absolute Gasteiger partial charge is 0.310 e. The van der Waals surface area contributed by atoms with Crippen LogP contribution in [0.5, 0.6) is 0 Å². The molecule has 0 fully saturated rings. The van der Waals surface area contributed by atoms with Gasteiger partial charge >= 0.3 is 5.91 Å². The van der Waals surface area contributed by atoms with Gasteiger partial charge in [0.2, 0.25) is 5.91 Å². The van der Waals surface area contributed by atoms with Crippen LogP contribution in [0.15, 0.2) is 54.7 Å². The van der Waals surface area contributed by atoms with E-state index in [1.165, 1.54) is 0 Å². The van der Waals surface area contributed by atoms with E-state index in [4.69, 9.17) is 0 Å². The zero-order valence-corrected chi connectivity index (χ0v) is 15.1. The van der Waals surface area contributed by atoms with Gasteiger partial charge in [-0.25, -0.2) is 0 Å². The van der Waals surface area contributed by atoms with Gasteiger partial charge in [0.1, 0.15) is 0 Å². The zero-order valence-electron chi connectivity index (χ0n) is 15.1. The molecule has 0 unspecified atom stereocenters. The molecule has 0 aliphatic heterocycles. The van der Waals surface area contributed by atoms with E-state index in [1.807, 2.05) is 36.4 Å². The minimum atomic E-state index is -0.889. The highest BCUT2D eigenvalue weighted by atomic mass is 16.2. The van der Waals surface area contributed by atoms with Gasteiger partial charge in [0.05, 0.1) is 12.0 Å². The lowest BCUT2D eigenvalue weighted by atomic mass is 10.1. The molecule has 0 bridgehead atoms. The van der Waals surface area contributed by atoms with Crippen molar-refractivity contribution in [1.29, 1.82) is 0 Å². The van der Waals surface area contributed by atoms with Crippen molar-refractivity contribution in [2.45, 2.75) is 13.3 Å². The molecule has 2 amide bonds. The number of fused-ring (bicyclic) bond motifs is 2. The van der Waals surface area contributed by atoms with E-state index in [0.29, 0.717) is 16.6 Å². The minimum absolute atomic E-state index is 0.0740. The Morgan fingerprint density at radius 1 is 0.893 bits per heavy atom. The van der Waals surface area contributed by atoms with E-state index in [2.05, 4.69) is 20.8 Å². The maximum Gasteiger partial charge on any atom is 0.310 e. The molecule has 7 heteroatoms. The van der Waals surface area contributed by atoms with Gasteiger partial charge in [0.25, 0.3) is 5.78 Å². The summed E-state index contributed by atoms with van der Waals surface area (Å²) < 4.78 is 0. The molecule has 0 saturated heterocycles. The molecule has 0 aliphatic rings. The van der Waals surface area contributed by atoms with Crippen molar-refractivity contribution in [3.8, 4) is 0 Å². The first-order chi connectivity index (χ1) is 13.5. The SMILES string of the molecule is Cc1[nH]c2ccccc2c1C(=O)C(=O)NNC(=O)Cc1c[nH]c2ccccc12. The predicted octanol–water partition coefficient (Wildman–Crippen LogP) is 2.53. The number of rotatable bonds is 4. The summed E-state index contributed by atoms with van der Waals surface area (Å²) in [6, 6.07) is 14.9.